The number of nitrogens with one attached hydrogen (secondary N) is 1. The summed E-state index contributed by atoms with van der Waals surface area (Å²) < 4.78 is 0. The molecule has 0 radical (unpaired) electrons. The summed E-state index contributed by atoms with van der Waals surface area (Å²) in [4.78, 5) is 0. The highest BCUT2D eigenvalue weighted by Gasteiger charge is 2.16. The molecule has 68 valence electrons. The van der Waals surface area contributed by atoms with E-state index in [1.807, 2.05) is 6.08 Å². The topological polar surface area (TPSA) is 12.0 Å². The van der Waals surface area contributed by atoms with E-state index in [0.29, 0.717) is 5.92 Å². The van der Waals surface area contributed by atoms with Crippen LogP contribution >= 0.6 is 0 Å². The van der Waals surface area contributed by atoms with Crippen LogP contribution < -0.4 is 5.32 Å². The first-order valence-electron chi connectivity index (χ1n) is 4.74. The molecule has 1 N–H and O–H groups in total. The first-order chi connectivity index (χ1) is 6.31. The van der Waals surface area contributed by atoms with E-state index in [4.69, 9.17) is 0 Å². The lowest BCUT2D eigenvalue weighted by molar-refractivity contribution is 0.601. The third kappa shape index (κ3) is 1.52. The summed E-state index contributed by atoms with van der Waals surface area (Å²) in [5, 5.41) is 3.39. The van der Waals surface area contributed by atoms with Crippen LogP contribution in [0.2, 0.25) is 0 Å². The molecule has 0 spiro atoms. The Hall–Kier alpha value is -1.08. The summed E-state index contributed by atoms with van der Waals surface area (Å²) in [7, 11) is 0. The molecule has 0 aliphatic carbocycles. The van der Waals surface area contributed by atoms with Crippen LogP contribution in [-0.4, -0.2) is 6.54 Å². The van der Waals surface area contributed by atoms with Gasteiger partial charge in [0.25, 0.3) is 0 Å². The third-order valence-corrected chi connectivity index (χ3v) is 2.67. The lowest BCUT2D eigenvalue weighted by Crippen LogP contribution is -2.27. The lowest BCUT2D eigenvalue weighted by Gasteiger charge is -2.24. The SMILES string of the molecule is C=C[C@@H]1CNCc2ccc(C)cc21. The van der Waals surface area contributed by atoms with Gasteiger partial charge in [-0.05, 0) is 18.1 Å². The van der Waals surface area contributed by atoms with Crippen molar-refractivity contribution in [2.24, 2.45) is 0 Å². The van der Waals surface area contributed by atoms with E-state index < -0.39 is 0 Å². The van der Waals surface area contributed by atoms with E-state index in [1.165, 1.54) is 16.7 Å². The molecular formula is C12H15N. The molecule has 1 atom stereocenters. The Balaban J connectivity index is 2.47. The molecule has 0 amide bonds. The van der Waals surface area contributed by atoms with Gasteiger partial charge in [0, 0.05) is 19.0 Å². The molecule has 1 aliphatic rings. The zero-order chi connectivity index (χ0) is 9.26. The first kappa shape index (κ1) is 8.52. The van der Waals surface area contributed by atoms with E-state index in [1.54, 1.807) is 0 Å². The average Bonchev–Trinajstić information content (AvgIpc) is 2.17. The highest BCUT2D eigenvalue weighted by molar-refractivity contribution is 5.38. The second kappa shape index (κ2) is 3.35. The second-order valence-corrected chi connectivity index (χ2v) is 3.68. The highest BCUT2D eigenvalue weighted by atomic mass is 14.9. The molecule has 1 aromatic carbocycles. The average molecular weight is 173 g/mol. The summed E-state index contributed by atoms with van der Waals surface area (Å²) in [6, 6.07) is 6.67. The van der Waals surface area contributed by atoms with Crippen LogP contribution in [0.1, 0.15) is 22.6 Å². The maximum Gasteiger partial charge on any atom is 0.0208 e. The Morgan fingerprint density at radius 2 is 2.38 bits per heavy atom. The van der Waals surface area contributed by atoms with Gasteiger partial charge in [0.15, 0.2) is 0 Å². The number of fused-ring (bicyclic) bond motifs is 1. The quantitative estimate of drug-likeness (QED) is 0.643. The van der Waals surface area contributed by atoms with Crippen LogP contribution in [-0.2, 0) is 6.54 Å². The van der Waals surface area contributed by atoms with Gasteiger partial charge < -0.3 is 5.32 Å². The molecule has 2 rings (SSSR count). The summed E-state index contributed by atoms with van der Waals surface area (Å²) in [6.45, 7) is 8.04. The maximum absolute atomic E-state index is 3.87. The molecule has 1 nitrogen and oxygen atoms in total. The minimum atomic E-state index is 0.489. The van der Waals surface area contributed by atoms with Crippen molar-refractivity contribution >= 4 is 0 Å². The van der Waals surface area contributed by atoms with Gasteiger partial charge in [-0.2, -0.15) is 0 Å². The Kier molecular flexibility index (Phi) is 2.19. The summed E-state index contributed by atoms with van der Waals surface area (Å²) in [6.07, 6.45) is 2.03. The number of aryl methyl sites for hydroxylation is 1. The fourth-order valence-electron chi connectivity index (χ4n) is 1.90. The van der Waals surface area contributed by atoms with Crippen LogP contribution in [0.3, 0.4) is 0 Å². The number of benzene rings is 1. The normalized spacial score (nSPS) is 20.8. The predicted octanol–water partition coefficient (Wildman–Crippen LogP) is 2.37. The number of hydrogen-bond donors (Lipinski definition) is 1. The molecule has 13 heavy (non-hydrogen) atoms. The standard InChI is InChI=1S/C12H15N/c1-3-10-7-13-8-11-5-4-9(2)6-12(10)11/h3-6,10,13H,1,7-8H2,2H3/t10-/m1/s1. The van der Waals surface area contributed by atoms with E-state index in [-0.39, 0.29) is 0 Å². The number of rotatable bonds is 1. The molecule has 0 aromatic heterocycles. The monoisotopic (exact) mass is 173 g/mol. The van der Waals surface area contributed by atoms with Crippen LogP contribution in [0.5, 0.6) is 0 Å². The van der Waals surface area contributed by atoms with Crippen molar-refractivity contribution in [1.82, 2.24) is 5.32 Å². The van der Waals surface area contributed by atoms with Gasteiger partial charge >= 0.3 is 0 Å². The van der Waals surface area contributed by atoms with Gasteiger partial charge in [-0.3, -0.25) is 0 Å². The van der Waals surface area contributed by atoms with Crippen LogP contribution in [0.25, 0.3) is 0 Å². The molecule has 0 saturated heterocycles. The minimum Gasteiger partial charge on any atom is -0.312 e. The lowest BCUT2D eigenvalue weighted by atomic mass is 9.90. The Bertz CT molecular complexity index is 328. The molecule has 1 aromatic rings. The fraction of sp³-hybridized carbons (Fsp3) is 0.333. The minimum absolute atomic E-state index is 0.489. The van der Waals surface area contributed by atoms with Crippen molar-refractivity contribution in [3.05, 3.63) is 47.5 Å². The second-order valence-electron chi connectivity index (χ2n) is 3.68. The van der Waals surface area contributed by atoms with Gasteiger partial charge in [-0.15, -0.1) is 6.58 Å². The van der Waals surface area contributed by atoms with Crippen molar-refractivity contribution < 1.29 is 0 Å². The zero-order valence-electron chi connectivity index (χ0n) is 8.01. The van der Waals surface area contributed by atoms with Gasteiger partial charge in [0.1, 0.15) is 0 Å². The van der Waals surface area contributed by atoms with Crippen molar-refractivity contribution in [3.63, 3.8) is 0 Å². The fourth-order valence-corrected chi connectivity index (χ4v) is 1.90. The molecule has 0 saturated carbocycles. The van der Waals surface area contributed by atoms with Crippen molar-refractivity contribution in [2.75, 3.05) is 6.54 Å². The van der Waals surface area contributed by atoms with Crippen molar-refractivity contribution in [1.29, 1.82) is 0 Å². The molecule has 1 aliphatic heterocycles. The largest absolute Gasteiger partial charge is 0.312 e. The van der Waals surface area contributed by atoms with E-state index in [0.717, 1.165) is 13.1 Å². The molecule has 0 fully saturated rings. The molecule has 0 unspecified atom stereocenters. The predicted molar refractivity (Wildman–Crippen MR) is 55.8 cm³/mol. The van der Waals surface area contributed by atoms with E-state index in [2.05, 4.69) is 37.0 Å². The van der Waals surface area contributed by atoms with Gasteiger partial charge in [0.2, 0.25) is 0 Å². The van der Waals surface area contributed by atoms with E-state index >= 15 is 0 Å². The third-order valence-electron chi connectivity index (χ3n) is 2.67. The zero-order valence-corrected chi connectivity index (χ0v) is 8.01. The maximum atomic E-state index is 3.87. The first-order valence-corrected chi connectivity index (χ1v) is 4.74. The highest BCUT2D eigenvalue weighted by Crippen LogP contribution is 2.25. The van der Waals surface area contributed by atoms with Crippen molar-refractivity contribution in [3.8, 4) is 0 Å². The molecule has 0 bridgehead atoms. The van der Waals surface area contributed by atoms with Crippen LogP contribution in [0.4, 0.5) is 0 Å². The van der Waals surface area contributed by atoms with Gasteiger partial charge in [-0.25, -0.2) is 0 Å². The Morgan fingerprint density at radius 3 is 3.15 bits per heavy atom. The Labute approximate surface area is 79.5 Å². The smallest absolute Gasteiger partial charge is 0.0208 e. The van der Waals surface area contributed by atoms with E-state index in [9.17, 15) is 0 Å². The molecule has 1 heterocycles. The van der Waals surface area contributed by atoms with Crippen molar-refractivity contribution in [2.45, 2.75) is 19.4 Å². The summed E-state index contributed by atoms with van der Waals surface area (Å²) >= 11 is 0. The summed E-state index contributed by atoms with van der Waals surface area (Å²) in [5.74, 6) is 0.489. The van der Waals surface area contributed by atoms with Crippen LogP contribution in [0, 0.1) is 6.92 Å². The van der Waals surface area contributed by atoms with Gasteiger partial charge in [-0.1, -0.05) is 29.8 Å². The van der Waals surface area contributed by atoms with Gasteiger partial charge in [0.05, 0.1) is 0 Å². The molecule has 1 heteroatoms. The van der Waals surface area contributed by atoms with Crippen LogP contribution in [0.15, 0.2) is 30.9 Å². The molecular weight excluding hydrogens is 158 g/mol. The number of hydrogen-bond acceptors (Lipinski definition) is 1. The Morgan fingerprint density at radius 1 is 1.54 bits per heavy atom. The summed E-state index contributed by atoms with van der Waals surface area (Å²) in [5.41, 5.74) is 4.21.